The Morgan fingerprint density at radius 2 is 2.09 bits per heavy atom. The van der Waals surface area contributed by atoms with Crippen molar-refractivity contribution < 1.29 is 13.2 Å². The topological polar surface area (TPSA) is 84.4 Å². The molecule has 1 N–H and O–H groups in total. The molecule has 2 aliphatic heterocycles. The van der Waals surface area contributed by atoms with E-state index in [1.165, 1.54) is 10.6 Å². The highest BCUT2D eigenvalue weighted by molar-refractivity contribution is 7.88. The van der Waals surface area contributed by atoms with Gasteiger partial charge >= 0.3 is 0 Å². The Bertz CT molecular complexity index is 626. The molecule has 3 heterocycles. The number of nitrogens with zero attached hydrogens (tertiary/aromatic N) is 3. The summed E-state index contributed by atoms with van der Waals surface area (Å²) in [7, 11) is -3.10. The molecule has 22 heavy (non-hydrogen) atoms. The Labute approximate surface area is 131 Å². The van der Waals surface area contributed by atoms with Crippen LogP contribution in [0.4, 0.5) is 5.95 Å². The third kappa shape index (κ3) is 3.09. The van der Waals surface area contributed by atoms with E-state index in [-0.39, 0.29) is 5.60 Å². The third-order valence-corrected chi connectivity index (χ3v) is 5.71. The monoisotopic (exact) mass is 326 g/mol. The number of nitrogens with one attached hydrogen (secondary N) is 1. The van der Waals surface area contributed by atoms with E-state index in [2.05, 4.69) is 15.3 Å². The van der Waals surface area contributed by atoms with Crippen LogP contribution in [-0.2, 0) is 14.8 Å². The molecule has 3 rings (SSSR count). The lowest BCUT2D eigenvalue weighted by atomic mass is 9.80. The number of aromatic nitrogens is 2. The van der Waals surface area contributed by atoms with Gasteiger partial charge in [0.15, 0.2) is 0 Å². The number of ether oxygens (including phenoxy) is 1. The number of rotatable bonds is 5. The third-order valence-electron chi connectivity index (χ3n) is 4.51. The summed E-state index contributed by atoms with van der Waals surface area (Å²) in [6, 6.07) is 0. The van der Waals surface area contributed by atoms with E-state index in [1.54, 1.807) is 12.4 Å². The first kappa shape index (κ1) is 15.6. The number of aryl methyl sites for hydroxylation is 1. The number of sulfonamides is 1. The van der Waals surface area contributed by atoms with Gasteiger partial charge in [-0.3, -0.25) is 0 Å². The number of anilines is 1. The molecule has 0 aliphatic carbocycles. The fourth-order valence-corrected chi connectivity index (χ4v) is 4.08. The normalized spacial score (nSPS) is 24.4. The number of hydrogen-bond acceptors (Lipinski definition) is 6. The van der Waals surface area contributed by atoms with Crippen molar-refractivity contribution in [3.8, 4) is 0 Å². The zero-order valence-corrected chi connectivity index (χ0v) is 13.8. The molecule has 0 radical (unpaired) electrons. The summed E-state index contributed by atoms with van der Waals surface area (Å²) < 4.78 is 30.4. The predicted octanol–water partition coefficient (Wildman–Crippen LogP) is 0.638. The van der Waals surface area contributed by atoms with Crippen LogP contribution < -0.4 is 5.32 Å². The molecule has 2 saturated heterocycles. The molecule has 0 amide bonds. The lowest BCUT2D eigenvalue weighted by Crippen LogP contribution is -2.65. The molecule has 1 spiro atoms. The minimum absolute atomic E-state index is 0.279. The highest BCUT2D eigenvalue weighted by Gasteiger charge is 2.55. The molecule has 122 valence electrons. The molecule has 8 heteroatoms. The van der Waals surface area contributed by atoms with E-state index in [4.69, 9.17) is 4.74 Å². The first-order valence-electron chi connectivity index (χ1n) is 7.51. The Morgan fingerprint density at radius 1 is 1.41 bits per heavy atom. The van der Waals surface area contributed by atoms with Crippen LogP contribution in [-0.4, -0.2) is 60.8 Å². The van der Waals surface area contributed by atoms with Crippen LogP contribution >= 0.6 is 0 Å². The Kier molecular flexibility index (Phi) is 4.09. The Balaban J connectivity index is 1.51. The zero-order chi connectivity index (χ0) is 15.8. The van der Waals surface area contributed by atoms with Crippen LogP contribution in [0.3, 0.4) is 0 Å². The van der Waals surface area contributed by atoms with Crippen LogP contribution in [0.2, 0.25) is 0 Å². The summed E-state index contributed by atoms with van der Waals surface area (Å²) in [5.74, 6) is 1.01. The summed E-state index contributed by atoms with van der Waals surface area (Å²) in [5, 5.41) is 3.22. The second kappa shape index (κ2) is 5.75. The van der Waals surface area contributed by atoms with E-state index >= 15 is 0 Å². The van der Waals surface area contributed by atoms with Gasteiger partial charge in [0.25, 0.3) is 0 Å². The second-order valence-corrected chi connectivity index (χ2v) is 8.21. The highest BCUT2D eigenvalue weighted by atomic mass is 32.2. The van der Waals surface area contributed by atoms with Crippen LogP contribution in [0.25, 0.3) is 0 Å². The summed E-state index contributed by atoms with van der Waals surface area (Å²) in [6.45, 7) is 4.39. The van der Waals surface area contributed by atoms with Gasteiger partial charge in [-0.15, -0.1) is 0 Å². The largest absolute Gasteiger partial charge is 0.372 e. The summed E-state index contributed by atoms with van der Waals surface area (Å²) in [5.41, 5.74) is 0.753. The minimum Gasteiger partial charge on any atom is -0.372 e. The maximum Gasteiger partial charge on any atom is 0.222 e. The molecule has 0 aromatic carbocycles. The summed E-state index contributed by atoms with van der Waals surface area (Å²) >= 11 is 0. The maximum atomic E-state index is 11.5. The minimum atomic E-state index is -3.10. The molecule has 2 aliphatic rings. The van der Waals surface area contributed by atoms with E-state index in [0.29, 0.717) is 31.6 Å². The van der Waals surface area contributed by atoms with Gasteiger partial charge in [-0.1, -0.05) is 0 Å². The van der Waals surface area contributed by atoms with Crippen LogP contribution in [0.5, 0.6) is 0 Å². The average molecular weight is 326 g/mol. The maximum absolute atomic E-state index is 11.5. The van der Waals surface area contributed by atoms with E-state index < -0.39 is 10.0 Å². The fourth-order valence-electron chi connectivity index (χ4n) is 3.17. The van der Waals surface area contributed by atoms with Gasteiger partial charge in [0.2, 0.25) is 16.0 Å². The van der Waals surface area contributed by atoms with Gasteiger partial charge in [-0.05, 0) is 31.2 Å². The van der Waals surface area contributed by atoms with E-state index in [1.807, 2.05) is 6.92 Å². The summed E-state index contributed by atoms with van der Waals surface area (Å²) in [4.78, 5) is 8.43. The van der Waals surface area contributed by atoms with Gasteiger partial charge in [-0.25, -0.2) is 18.4 Å². The van der Waals surface area contributed by atoms with Crippen LogP contribution in [0.15, 0.2) is 12.4 Å². The quantitative estimate of drug-likeness (QED) is 0.855. The smallest absolute Gasteiger partial charge is 0.222 e. The van der Waals surface area contributed by atoms with Gasteiger partial charge in [0.1, 0.15) is 0 Å². The molecule has 1 unspecified atom stereocenters. The highest BCUT2D eigenvalue weighted by Crippen LogP contribution is 2.42. The lowest BCUT2D eigenvalue weighted by Gasteiger charge is -2.48. The fraction of sp³-hybridized carbons (Fsp3) is 0.714. The Morgan fingerprint density at radius 3 is 2.73 bits per heavy atom. The molecule has 1 aromatic rings. The van der Waals surface area contributed by atoms with Crippen molar-refractivity contribution in [2.24, 2.45) is 5.92 Å². The van der Waals surface area contributed by atoms with E-state index in [9.17, 15) is 8.42 Å². The zero-order valence-electron chi connectivity index (χ0n) is 12.9. The van der Waals surface area contributed by atoms with Crippen molar-refractivity contribution >= 4 is 16.0 Å². The van der Waals surface area contributed by atoms with Crippen LogP contribution in [0, 0.1) is 12.8 Å². The Hall–Kier alpha value is -1.25. The molecule has 2 fully saturated rings. The standard InChI is InChI=1S/C14H22N4O3S/c1-11-7-16-13(17-8-11)15-5-3-12-4-6-21-14(12)9-18(10-14)22(2,19)20/h7-8,12H,3-6,9-10H2,1-2H3,(H,15,16,17). The van der Waals surface area contributed by atoms with Crippen molar-refractivity contribution in [2.75, 3.05) is 37.8 Å². The van der Waals surface area contributed by atoms with Crippen LogP contribution in [0.1, 0.15) is 18.4 Å². The molecular formula is C14H22N4O3S. The molecular weight excluding hydrogens is 304 g/mol. The van der Waals surface area contributed by atoms with Gasteiger partial charge in [0, 0.05) is 38.6 Å². The van der Waals surface area contributed by atoms with Crippen molar-refractivity contribution in [1.29, 1.82) is 0 Å². The SMILES string of the molecule is Cc1cnc(NCCC2CCOC23CN(S(C)(=O)=O)C3)nc1. The second-order valence-electron chi connectivity index (χ2n) is 6.23. The molecule has 1 atom stereocenters. The van der Waals surface area contributed by atoms with Gasteiger partial charge in [-0.2, -0.15) is 4.31 Å². The molecule has 1 aromatic heterocycles. The molecule has 7 nitrogen and oxygen atoms in total. The number of hydrogen-bond donors (Lipinski definition) is 1. The predicted molar refractivity (Wildman–Crippen MR) is 83.1 cm³/mol. The average Bonchev–Trinajstić information content (AvgIpc) is 2.82. The van der Waals surface area contributed by atoms with Crippen molar-refractivity contribution in [3.05, 3.63) is 18.0 Å². The van der Waals surface area contributed by atoms with Gasteiger partial charge < -0.3 is 10.1 Å². The first-order chi connectivity index (χ1) is 10.4. The molecule has 0 bridgehead atoms. The van der Waals surface area contributed by atoms with E-state index in [0.717, 1.165) is 24.9 Å². The van der Waals surface area contributed by atoms with Crippen molar-refractivity contribution in [1.82, 2.24) is 14.3 Å². The first-order valence-corrected chi connectivity index (χ1v) is 9.35. The lowest BCUT2D eigenvalue weighted by molar-refractivity contribution is -0.101. The van der Waals surface area contributed by atoms with Crippen molar-refractivity contribution in [2.45, 2.75) is 25.4 Å². The molecule has 0 saturated carbocycles. The van der Waals surface area contributed by atoms with Crippen molar-refractivity contribution in [3.63, 3.8) is 0 Å². The summed E-state index contributed by atoms with van der Waals surface area (Å²) in [6.07, 6.45) is 6.72. The van der Waals surface area contributed by atoms with Gasteiger partial charge in [0.05, 0.1) is 11.9 Å².